The fraction of sp³-hybridized carbons (Fsp3) is 0.562. The fourth-order valence-corrected chi connectivity index (χ4v) is 1.74. The minimum absolute atomic E-state index is 0.0862. The summed E-state index contributed by atoms with van der Waals surface area (Å²) in [7, 11) is 0. The number of benzene rings is 1. The zero-order valence-corrected chi connectivity index (χ0v) is 11.9. The van der Waals surface area contributed by atoms with Crippen LogP contribution in [0.5, 0.6) is 0 Å². The van der Waals surface area contributed by atoms with Crippen LogP contribution in [0.15, 0.2) is 30.3 Å². The molecule has 1 N–H and O–H groups in total. The van der Waals surface area contributed by atoms with Crippen molar-refractivity contribution < 1.29 is 4.74 Å². The molecule has 0 saturated carbocycles. The molecule has 1 unspecified atom stereocenters. The van der Waals surface area contributed by atoms with E-state index in [0.717, 1.165) is 25.1 Å². The van der Waals surface area contributed by atoms with E-state index in [2.05, 4.69) is 25.2 Å². The lowest BCUT2D eigenvalue weighted by atomic mass is 10.0. The lowest BCUT2D eigenvalue weighted by Crippen LogP contribution is -2.25. The maximum atomic E-state index is 9.16. The highest BCUT2D eigenvalue weighted by molar-refractivity contribution is 5.24. The number of hydrogen-bond acceptors (Lipinski definition) is 3. The Morgan fingerprint density at radius 1 is 1.21 bits per heavy atom. The SMILES string of the molecule is CC(C)CCOCCNCC(C#N)c1ccccc1. The van der Waals surface area contributed by atoms with E-state index in [0.29, 0.717) is 19.1 Å². The molecule has 1 rings (SSSR count). The van der Waals surface area contributed by atoms with Crippen molar-refractivity contribution in [2.24, 2.45) is 5.92 Å². The summed E-state index contributed by atoms with van der Waals surface area (Å²) in [4.78, 5) is 0. The van der Waals surface area contributed by atoms with Crippen LogP contribution in [0.1, 0.15) is 31.7 Å². The summed E-state index contributed by atoms with van der Waals surface area (Å²) in [6, 6.07) is 12.2. The molecule has 0 spiro atoms. The van der Waals surface area contributed by atoms with E-state index in [-0.39, 0.29) is 5.92 Å². The Kier molecular flexibility index (Phi) is 7.88. The largest absolute Gasteiger partial charge is 0.380 e. The minimum atomic E-state index is -0.0862. The van der Waals surface area contributed by atoms with Gasteiger partial charge in [-0.25, -0.2) is 0 Å². The first-order chi connectivity index (χ1) is 9.24. The third-order valence-electron chi connectivity index (χ3n) is 2.97. The van der Waals surface area contributed by atoms with Gasteiger partial charge in [0.05, 0.1) is 18.6 Å². The molecule has 3 heteroatoms. The molecule has 3 nitrogen and oxygen atoms in total. The molecule has 0 saturated heterocycles. The minimum Gasteiger partial charge on any atom is -0.380 e. The first kappa shape index (κ1) is 15.7. The molecule has 0 fully saturated rings. The molecule has 1 atom stereocenters. The average molecular weight is 260 g/mol. The quantitative estimate of drug-likeness (QED) is 0.694. The van der Waals surface area contributed by atoms with Crippen molar-refractivity contribution in [2.45, 2.75) is 26.2 Å². The fourth-order valence-electron chi connectivity index (χ4n) is 1.74. The van der Waals surface area contributed by atoms with E-state index in [9.17, 15) is 0 Å². The van der Waals surface area contributed by atoms with Gasteiger partial charge in [0.25, 0.3) is 0 Å². The summed E-state index contributed by atoms with van der Waals surface area (Å²) >= 11 is 0. The zero-order valence-electron chi connectivity index (χ0n) is 11.9. The van der Waals surface area contributed by atoms with Crippen molar-refractivity contribution in [2.75, 3.05) is 26.3 Å². The lowest BCUT2D eigenvalue weighted by molar-refractivity contribution is 0.125. The van der Waals surface area contributed by atoms with Gasteiger partial charge in [-0.05, 0) is 17.9 Å². The van der Waals surface area contributed by atoms with Crippen molar-refractivity contribution >= 4 is 0 Å². The Labute approximate surface area is 116 Å². The van der Waals surface area contributed by atoms with E-state index in [4.69, 9.17) is 10.00 Å². The molecule has 0 aliphatic rings. The Bertz CT molecular complexity index is 370. The normalized spacial score (nSPS) is 12.3. The molecule has 104 valence electrons. The van der Waals surface area contributed by atoms with Gasteiger partial charge in [-0.15, -0.1) is 0 Å². The predicted octanol–water partition coefficient (Wildman–Crippen LogP) is 2.95. The predicted molar refractivity (Wildman–Crippen MR) is 77.9 cm³/mol. The van der Waals surface area contributed by atoms with Crippen molar-refractivity contribution in [1.29, 1.82) is 5.26 Å². The number of hydrogen-bond donors (Lipinski definition) is 1. The summed E-state index contributed by atoms with van der Waals surface area (Å²) in [5.41, 5.74) is 1.07. The number of nitriles is 1. The first-order valence-corrected chi connectivity index (χ1v) is 6.97. The third-order valence-corrected chi connectivity index (χ3v) is 2.97. The van der Waals surface area contributed by atoms with Gasteiger partial charge >= 0.3 is 0 Å². The highest BCUT2D eigenvalue weighted by atomic mass is 16.5. The molecule has 0 aliphatic carbocycles. The number of nitrogens with one attached hydrogen (secondary N) is 1. The van der Waals surface area contributed by atoms with Gasteiger partial charge in [-0.3, -0.25) is 0 Å². The molecule has 19 heavy (non-hydrogen) atoms. The summed E-state index contributed by atoms with van der Waals surface area (Å²) in [6.45, 7) is 7.38. The van der Waals surface area contributed by atoms with Crippen molar-refractivity contribution in [3.05, 3.63) is 35.9 Å². The first-order valence-electron chi connectivity index (χ1n) is 6.97. The second-order valence-electron chi connectivity index (χ2n) is 5.09. The van der Waals surface area contributed by atoms with Crippen LogP contribution in [-0.4, -0.2) is 26.3 Å². The van der Waals surface area contributed by atoms with Gasteiger partial charge in [0.1, 0.15) is 0 Å². The smallest absolute Gasteiger partial charge is 0.0837 e. The standard InChI is InChI=1S/C16H24N2O/c1-14(2)8-10-19-11-9-18-13-16(12-17)15-6-4-3-5-7-15/h3-7,14,16,18H,8-11,13H2,1-2H3. The monoisotopic (exact) mass is 260 g/mol. The maximum Gasteiger partial charge on any atom is 0.0837 e. The van der Waals surface area contributed by atoms with E-state index >= 15 is 0 Å². The van der Waals surface area contributed by atoms with Crippen molar-refractivity contribution in [1.82, 2.24) is 5.32 Å². The number of nitrogens with zero attached hydrogens (tertiary/aromatic N) is 1. The van der Waals surface area contributed by atoms with Crippen LogP contribution in [0.4, 0.5) is 0 Å². The summed E-state index contributed by atoms with van der Waals surface area (Å²) in [5.74, 6) is 0.603. The second-order valence-corrected chi connectivity index (χ2v) is 5.09. The average Bonchev–Trinajstić information content (AvgIpc) is 2.42. The second kappa shape index (κ2) is 9.55. The van der Waals surface area contributed by atoms with Crippen LogP contribution in [0.3, 0.4) is 0 Å². The van der Waals surface area contributed by atoms with Gasteiger partial charge in [-0.1, -0.05) is 44.2 Å². The molecule has 0 radical (unpaired) electrons. The molecule has 0 aromatic heterocycles. The third kappa shape index (κ3) is 6.95. The number of ether oxygens (including phenoxy) is 1. The Hall–Kier alpha value is -1.37. The molecular formula is C16H24N2O. The molecule has 0 bridgehead atoms. The molecule has 1 aromatic rings. The van der Waals surface area contributed by atoms with E-state index in [1.807, 2.05) is 30.3 Å². The van der Waals surface area contributed by atoms with Gasteiger partial charge < -0.3 is 10.1 Å². The van der Waals surface area contributed by atoms with E-state index < -0.39 is 0 Å². The van der Waals surface area contributed by atoms with Gasteiger partial charge in [0, 0.05) is 19.7 Å². The van der Waals surface area contributed by atoms with Crippen LogP contribution < -0.4 is 5.32 Å². The molecule has 0 amide bonds. The van der Waals surface area contributed by atoms with E-state index in [1.54, 1.807) is 0 Å². The Morgan fingerprint density at radius 3 is 2.58 bits per heavy atom. The van der Waals surface area contributed by atoms with Gasteiger partial charge in [0.15, 0.2) is 0 Å². The lowest BCUT2D eigenvalue weighted by Gasteiger charge is -2.11. The van der Waals surface area contributed by atoms with Crippen LogP contribution in [0, 0.1) is 17.2 Å². The summed E-state index contributed by atoms with van der Waals surface area (Å²) in [6.07, 6.45) is 1.10. The molecular weight excluding hydrogens is 236 g/mol. The highest BCUT2D eigenvalue weighted by Crippen LogP contribution is 2.12. The molecule has 1 aromatic carbocycles. The van der Waals surface area contributed by atoms with Crippen LogP contribution in [0.25, 0.3) is 0 Å². The zero-order chi connectivity index (χ0) is 13.9. The van der Waals surface area contributed by atoms with Crippen LogP contribution in [-0.2, 0) is 4.74 Å². The Balaban J connectivity index is 2.13. The van der Waals surface area contributed by atoms with Gasteiger partial charge in [-0.2, -0.15) is 5.26 Å². The Morgan fingerprint density at radius 2 is 1.95 bits per heavy atom. The van der Waals surface area contributed by atoms with Crippen molar-refractivity contribution in [3.8, 4) is 6.07 Å². The molecule has 0 heterocycles. The molecule has 0 aliphatic heterocycles. The van der Waals surface area contributed by atoms with Crippen molar-refractivity contribution in [3.63, 3.8) is 0 Å². The topological polar surface area (TPSA) is 45.0 Å². The highest BCUT2D eigenvalue weighted by Gasteiger charge is 2.08. The van der Waals surface area contributed by atoms with Crippen LogP contribution >= 0.6 is 0 Å². The summed E-state index contributed by atoms with van der Waals surface area (Å²) in [5, 5.41) is 12.4. The van der Waals surface area contributed by atoms with E-state index in [1.165, 1.54) is 0 Å². The number of rotatable bonds is 9. The van der Waals surface area contributed by atoms with Gasteiger partial charge in [0.2, 0.25) is 0 Å². The van der Waals surface area contributed by atoms with Crippen LogP contribution in [0.2, 0.25) is 0 Å². The maximum absolute atomic E-state index is 9.16. The summed E-state index contributed by atoms with van der Waals surface area (Å²) < 4.78 is 5.52.